The third kappa shape index (κ3) is 4.62. The van der Waals surface area contributed by atoms with Crippen LogP contribution in [-0.4, -0.2) is 39.3 Å². The number of benzene rings is 1. The van der Waals surface area contributed by atoms with Crippen LogP contribution in [0.4, 0.5) is 0 Å². The average molecular weight is 341 g/mol. The molecule has 1 atom stereocenters. The monoisotopic (exact) mass is 341 g/mol. The maximum Gasteiger partial charge on any atom is 0.227 e. The molecular formula is C20H27N3O2. The Balaban J connectivity index is 1.63. The van der Waals surface area contributed by atoms with E-state index >= 15 is 0 Å². The predicted molar refractivity (Wildman–Crippen MR) is 97.6 cm³/mol. The Bertz CT molecular complexity index is 723. The van der Waals surface area contributed by atoms with Gasteiger partial charge in [0.15, 0.2) is 0 Å². The van der Waals surface area contributed by atoms with Crippen LogP contribution in [0, 0.1) is 6.92 Å². The molecule has 1 fully saturated rings. The third-order valence-electron chi connectivity index (χ3n) is 4.48. The molecule has 1 aromatic heterocycles. The van der Waals surface area contributed by atoms with Gasteiger partial charge in [0.25, 0.3) is 0 Å². The van der Waals surface area contributed by atoms with Crippen LogP contribution in [0.2, 0.25) is 0 Å². The molecule has 134 valence electrons. The molecule has 2 aromatic rings. The fourth-order valence-electron chi connectivity index (χ4n) is 3.41. The highest BCUT2D eigenvalue weighted by Crippen LogP contribution is 2.21. The van der Waals surface area contributed by atoms with Gasteiger partial charge in [-0.15, -0.1) is 0 Å². The number of rotatable bonds is 6. The Morgan fingerprint density at radius 2 is 2.24 bits per heavy atom. The minimum atomic E-state index is 0.131. The summed E-state index contributed by atoms with van der Waals surface area (Å²) in [5, 5.41) is 4.36. The number of aryl methyl sites for hydroxylation is 1. The molecule has 1 aliphatic rings. The van der Waals surface area contributed by atoms with Gasteiger partial charge in [-0.05, 0) is 56.9 Å². The molecule has 1 saturated heterocycles. The van der Waals surface area contributed by atoms with Gasteiger partial charge >= 0.3 is 0 Å². The van der Waals surface area contributed by atoms with E-state index in [0.717, 1.165) is 42.8 Å². The van der Waals surface area contributed by atoms with E-state index in [4.69, 9.17) is 4.74 Å². The summed E-state index contributed by atoms with van der Waals surface area (Å²) in [6, 6.07) is 8.09. The summed E-state index contributed by atoms with van der Waals surface area (Å²) in [7, 11) is 0. The molecule has 0 radical (unpaired) electrons. The van der Waals surface area contributed by atoms with Gasteiger partial charge in [0.05, 0.1) is 31.3 Å². The van der Waals surface area contributed by atoms with Gasteiger partial charge in [-0.2, -0.15) is 5.10 Å². The molecule has 25 heavy (non-hydrogen) atoms. The highest BCUT2D eigenvalue weighted by Gasteiger charge is 2.29. The topological polar surface area (TPSA) is 47.4 Å². The largest absolute Gasteiger partial charge is 0.491 e. The van der Waals surface area contributed by atoms with Crippen molar-refractivity contribution in [2.75, 3.05) is 6.54 Å². The van der Waals surface area contributed by atoms with E-state index in [9.17, 15) is 4.79 Å². The number of ether oxygens (including phenoxy) is 1. The van der Waals surface area contributed by atoms with Crippen molar-refractivity contribution < 1.29 is 9.53 Å². The van der Waals surface area contributed by atoms with Crippen molar-refractivity contribution in [2.45, 2.75) is 58.7 Å². The minimum absolute atomic E-state index is 0.131. The molecule has 1 amide bonds. The SMILES string of the molecule is Cc1cnn(C[C@H]2CCCN2C(=O)Cc2cccc(OC(C)C)c2)c1. The van der Waals surface area contributed by atoms with Gasteiger partial charge in [0.2, 0.25) is 5.91 Å². The summed E-state index contributed by atoms with van der Waals surface area (Å²) in [4.78, 5) is 14.8. The molecule has 0 spiro atoms. The van der Waals surface area contributed by atoms with E-state index in [1.807, 2.05) is 67.0 Å². The van der Waals surface area contributed by atoms with Crippen LogP contribution >= 0.6 is 0 Å². The minimum Gasteiger partial charge on any atom is -0.491 e. The number of carbonyl (C=O) groups excluding carboxylic acids is 1. The van der Waals surface area contributed by atoms with Crippen LogP contribution in [0.5, 0.6) is 5.75 Å². The normalized spacial score (nSPS) is 17.3. The zero-order valence-corrected chi connectivity index (χ0v) is 15.3. The highest BCUT2D eigenvalue weighted by molar-refractivity contribution is 5.79. The molecule has 1 aliphatic heterocycles. The van der Waals surface area contributed by atoms with Gasteiger partial charge < -0.3 is 9.64 Å². The number of likely N-dealkylation sites (tertiary alicyclic amines) is 1. The predicted octanol–water partition coefficient (Wildman–Crippen LogP) is 3.21. The molecule has 0 saturated carbocycles. The van der Waals surface area contributed by atoms with E-state index in [-0.39, 0.29) is 18.1 Å². The molecule has 5 heteroatoms. The Hall–Kier alpha value is -2.30. The second kappa shape index (κ2) is 7.72. The Labute approximate surface area is 149 Å². The van der Waals surface area contributed by atoms with E-state index < -0.39 is 0 Å². The molecule has 2 heterocycles. The van der Waals surface area contributed by atoms with E-state index in [0.29, 0.717) is 6.42 Å². The van der Waals surface area contributed by atoms with Crippen molar-refractivity contribution in [3.05, 3.63) is 47.8 Å². The first-order chi connectivity index (χ1) is 12.0. The van der Waals surface area contributed by atoms with Crippen molar-refractivity contribution in [2.24, 2.45) is 0 Å². The second-order valence-corrected chi connectivity index (χ2v) is 7.11. The number of carbonyl (C=O) groups is 1. The van der Waals surface area contributed by atoms with Gasteiger partial charge in [-0.3, -0.25) is 9.48 Å². The summed E-state index contributed by atoms with van der Waals surface area (Å²) in [6.07, 6.45) is 6.55. The first kappa shape index (κ1) is 17.5. The summed E-state index contributed by atoms with van der Waals surface area (Å²) < 4.78 is 7.67. The Kier molecular flexibility index (Phi) is 5.41. The van der Waals surface area contributed by atoms with E-state index in [2.05, 4.69) is 5.10 Å². The lowest BCUT2D eigenvalue weighted by Crippen LogP contribution is -2.39. The summed E-state index contributed by atoms with van der Waals surface area (Å²) in [5.74, 6) is 1.01. The van der Waals surface area contributed by atoms with Gasteiger partial charge in [0.1, 0.15) is 5.75 Å². The number of hydrogen-bond donors (Lipinski definition) is 0. The van der Waals surface area contributed by atoms with Crippen LogP contribution in [0.3, 0.4) is 0 Å². The maximum atomic E-state index is 12.8. The zero-order valence-electron chi connectivity index (χ0n) is 15.3. The lowest BCUT2D eigenvalue weighted by atomic mass is 10.1. The molecule has 5 nitrogen and oxygen atoms in total. The van der Waals surface area contributed by atoms with Crippen LogP contribution in [0.25, 0.3) is 0 Å². The van der Waals surface area contributed by atoms with Crippen LogP contribution in [0.15, 0.2) is 36.7 Å². The fourth-order valence-corrected chi connectivity index (χ4v) is 3.41. The number of amides is 1. The Morgan fingerprint density at radius 3 is 2.96 bits per heavy atom. The number of hydrogen-bond acceptors (Lipinski definition) is 3. The van der Waals surface area contributed by atoms with Gasteiger partial charge in [0, 0.05) is 12.7 Å². The van der Waals surface area contributed by atoms with Crippen molar-refractivity contribution in [1.82, 2.24) is 14.7 Å². The van der Waals surface area contributed by atoms with Crippen molar-refractivity contribution >= 4 is 5.91 Å². The standard InChI is InChI=1S/C20H27N3O2/c1-15(2)25-19-8-4-6-17(10-19)11-20(24)23-9-5-7-18(23)14-22-13-16(3)12-21-22/h4,6,8,10,12-13,15,18H,5,7,9,11,14H2,1-3H3/t18-/m1/s1. The molecule has 1 aromatic carbocycles. The third-order valence-corrected chi connectivity index (χ3v) is 4.48. The first-order valence-corrected chi connectivity index (χ1v) is 9.05. The average Bonchev–Trinajstić information content (AvgIpc) is 3.16. The maximum absolute atomic E-state index is 12.8. The van der Waals surface area contributed by atoms with E-state index in [1.165, 1.54) is 0 Å². The second-order valence-electron chi connectivity index (χ2n) is 7.11. The summed E-state index contributed by atoms with van der Waals surface area (Å²) in [5.41, 5.74) is 2.15. The molecular weight excluding hydrogens is 314 g/mol. The molecule has 0 bridgehead atoms. The van der Waals surface area contributed by atoms with Crippen LogP contribution in [0.1, 0.15) is 37.8 Å². The highest BCUT2D eigenvalue weighted by atomic mass is 16.5. The van der Waals surface area contributed by atoms with Gasteiger partial charge in [-0.25, -0.2) is 0 Å². The Morgan fingerprint density at radius 1 is 1.40 bits per heavy atom. The molecule has 0 unspecified atom stereocenters. The quantitative estimate of drug-likeness (QED) is 0.810. The van der Waals surface area contributed by atoms with Crippen molar-refractivity contribution in [3.8, 4) is 5.75 Å². The molecule has 0 aliphatic carbocycles. The van der Waals surface area contributed by atoms with Crippen LogP contribution < -0.4 is 4.74 Å². The summed E-state index contributed by atoms with van der Waals surface area (Å²) in [6.45, 7) is 7.66. The van der Waals surface area contributed by atoms with E-state index in [1.54, 1.807) is 0 Å². The number of nitrogens with zero attached hydrogens (tertiary/aromatic N) is 3. The van der Waals surface area contributed by atoms with Crippen molar-refractivity contribution in [3.63, 3.8) is 0 Å². The molecule has 3 rings (SSSR count). The fraction of sp³-hybridized carbons (Fsp3) is 0.500. The lowest BCUT2D eigenvalue weighted by molar-refractivity contribution is -0.131. The van der Waals surface area contributed by atoms with Crippen LogP contribution in [-0.2, 0) is 17.8 Å². The smallest absolute Gasteiger partial charge is 0.227 e. The van der Waals surface area contributed by atoms with Crippen molar-refractivity contribution in [1.29, 1.82) is 0 Å². The summed E-state index contributed by atoms with van der Waals surface area (Å²) >= 11 is 0. The number of aromatic nitrogens is 2. The van der Waals surface area contributed by atoms with Gasteiger partial charge in [-0.1, -0.05) is 12.1 Å². The first-order valence-electron chi connectivity index (χ1n) is 9.05. The molecule has 0 N–H and O–H groups in total. The zero-order chi connectivity index (χ0) is 17.8. The lowest BCUT2D eigenvalue weighted by Gasteiger charge is -2.25.